The standard InChI is InChI=1S/C36H48F3N9O2.C2HF3O2/c1-40-27-19-32(44-48-29(20-42-33(27)48)34(49)43-26-3-4-30(26)50-2)47-14-5-25-23(17-24(37)18-28(25)47)21-45-13-6-31(36(38,39)22-45)46-15-9-35(10-16-46)7-11-41-12-8-35;3-2(4,5)1(6)7/h17-20,26,30-31,40-41H,3-16,21-22H2,1-2H3,(H,43,49);(H,6,7)/t26-,30-,31+;/m1./s1. The highest BCUT2D eigenvalue weighted by Crippen LogP contribution is 2.43. The third-order valence-corrected chi connectivity index (χ3v) is 12.5. The van der Waals surface area contributed by atoms with Crippen LogP contribution < -0.4 is 20.9 Å². The number of hydrogen-bond acceptors (Lipinski definition) is 10. The number of methoxy groups -OCH3 is 1. The quantitative estimate of drug-likeness (QED) is 0.233. The second kappa shape index (κ2) is 16.2. The van der Waals surface area contributed by atoms with Gasteiger partial charge in [-0.05, 0) is 106 Å². The summed E-state index contributed by atoms with van der Waals surface area (Å²) in [6.07, 6.45) is 3.45. The minimum atomic E-state index is -5.08. The highest BCUT2D eigenvalue weighted by molar-refractivity contribution is 5.94. The van der Waals surface area contributed by atoms with Gasteiger partial charge in [-0.1, -0.05) is 0 Å². The fourth-order valence-corrected chi connectivity index (χ4v) is 9.11. The SMILES string of the molecule is CNc1cc(N2CCc3c(CN4CC[C@H](N5CCC6(CCNCC6)CC5)C(F)(F)C4)cc(F)cc32)nn2c(C(=O)N[C@@H]3CC[C@H]3OC)cnc12.O=C(O)C(F)(F)F. The number of hydrogen-bond donors (Lipinski definition) is 4. The van der Waals surface area contributed by atoms with Crippen molar-refractivity contribution >= 4 is 34.7 Å². The van der Waals surface area contributed by atoms with E-state index >= 15 is 13.2 Å². The first-order chi connectivity index (χ1) is 27.1. The first kappa shape index (κ1) is 41.0. The number of aromatic nitrogens is 3. The maximum Gasteiger partial charge on any atom is 0.490 e. The number of fused-ring (bicyclic) bond motifs is 2. The average molecular weight is 810 g/mol. The number of carboxylic acids is 1. The number of aliphatic carboxylic acids is 1. The molecule has 5 aliphatic rings. The van der Waals surface area contributed by atoms with Crippen molar-refractivity contribution in [3.63, 3.8) is 0 Å². The topological polar surface area (TPSA) is 140 Å². The van der Waals surface area contributed by atoms with Crippen molar-refractivity contribution in [3.8, 4) is 0 Å². The van der Waals surface area contributed by atoms with Crippen molar-refractivity contribution < 1.29 is 45.8 Å². The van der Waals surface area contributed by atoms with E-state index in [1.807, 2.05) is 15.9 Å². The zero-order valence-corrected chi connectivity index (χ0v) is 32.0. The van der Waals surface area contributed by atoms with Crippen LogP contribution in [-0.4, -0.2) is 132 Å². The molecule has 6 heterocycles. The lowest BCUT2D eigenvalue weighted by molar-refractivity contribution is -0.192. The van der Waals surface area contributed by atoms with Gasteiger partial charge in [0.25, 0.3) is 11.8 Å². The van der Waals surface area contributed by atoms with Gasteiger partial charge in [0.15, 0.2) is 17.2 Å². The molecule has 1 saturated carbocycles. The van der Waals surface area contributed by atoms with Crippen molar-refractivity contribution in [2.75, 3.05) is 70.2 Å². The fourth-order valence-electron chi connectivity index (χ4n) is 9.11. The smallest absolute Gasteiger partial charge is 0.475 e. The van der Waals surface area contributed by atoms with E-state index in [1.165, 1.54) is 22.8 Å². The summed E-state index contributed by atoms with van der Waals surface area (Å²) < 4.78 is 85.7. The fraction of sp³-hybridized carbons (Fsp3) is 0.632. The molecule has 0 bridgehead atoms. The number of nitrogens with zero attached hydrogens (tertiary/aromatic N) is 6. The Morgan fingerprint density at radius 3 is 2.37 bits per heavy atom. The summed E-state index contributed by atoms with van der Waals surface area (Å²) in [6.45, 7) is 4.54. The third kappa shape index (κ3) is 8.52. The number of alkyl halides is 5. The van der Waals surface area contributed by atoms with Crippen LogP contribution in [0.2, 0.25) is 0 Å². The van der Waals surface area contributed by atoms with Gasteiger partial charge in [0.05, 0.1) is 36.6 Å². The number of rotatable bonds is 8. The van der Waals surface area contributed by atoms with Crippen LogP contribution in [0.5, 0.6) is 0 Å². The molecule has 4 N–H and O–H groups in total. The van der Waals surface area contributed by atoms with E-state index in [9.17, 15) is 18.0 Å². The summed E-state index contributed by atoms with van der Waals surface area (Å²) >= 11 is 0. The van der Waals surface area contributed by atoms with E-state index in [0.717, 1.165) is 75.8 Å². The minimum absolute atomic E-state index is 0.0148. The van der Waals surface area contributed by atoms with Crippen molar-refractivity contribution in [1.29, 1.82) is 0 Å². The number of amides is 1. The average Bonchev–Trinajstić information content (AvgIpc) is 3.78. The monoisotopic (exact) mass is 809 g/mol. The molecule has 13 nitrogen and oxygen atoms in total. The Kier molecular flexibility index (Phi) is 11.7. The summed E-state index contributed by atoms with van der Waals surface area (Å²) in [5.41, 5.74) is 4.11. The number of carboxylic acid groups (broad SMARTS) is 1. The number of benzene rings is 1. The highest BCUT2D eigenvalue weighted by atomic mass is 19.4. The normalized spacial score (nSPS) is 24.7. The molecule has 3 atom stereocenters. The van der Waals surface area contributed by atoms with Gasteiger partial charge in [0, 0.05) is 45.5 Å². The van der Waals surface area contributed by atoms with Gasteiger partial charge in [-0.25, -0.2) is 27.5 Å². The van der Waals surface area contributed by atoms with Gasteiger partial charge in [0.2, 0.25) is 0 Å². The van der Waals surface area contributed by atoms with Crippen LogP contribution in [0.1, 0.15) is 66.6 Å². The number of carbonyl (C=O) groups is 2. The second-order valence-electron chi connectivity index (χ2n) is 15.8. The van der Waals surface area contributed by atoms with Crippen LogP contribution in [0.25, 0.3) is 5.65 Å². The Bertz CT molecular complexity index is 1940. The molecule has 312 valence electrons. The van der Waals surface area contributed by atoms with Crippen molar-refractivity contribution in [2.45, 2.75) is 88.2 Å². The molecule has 0 radical (unpaired) electrons. The van der Waals surface area contributed by atoms with Crippen LogP contribution in [0.15, 0.2) is 24.4 Å². The van der Waals surface area contributed by atoms with E-state index < -0.39 is 29.9 Å². The second-order valence-corrected chi connectivity index (χ2v) is 15.8. The Morgan fingerprint density at radius 2 is 1.75 bits per heavy atom. The molecule has 4 fully saturated rings. The highest BCUT2D eigenvalue weighted by Gasteiger charge is 2.49. The lowest BCUT2D eigenvalue weighted by atomic mass is 9.71. The summed E-state index contributed by atoms with van der Waals surface area (Å²) in [4.78, 5) is 32.4. The summed E-state index contributed by atoms with van der Waals surface area (Å²) in [7, 11) is 3.42. The van der Waals surface area contributed by atoms with Crippen molar-refractivity contribution in [2.24, 2.45) is 5.41 Å². The minimum Gasteiger partial charge on any atom is -0.475 e. The number of likely N-dealkylation sites (tertiary alicyclic amines) is 2. The Hall–Kier alpha value is -4.20. The predicted octanol–water partition coefficient (Wildman–Crippen LogP) is 4.82. The predicted molar refractivity (Wildman–Crippen MR) is 199 cm³/mol. The molecule has 3 saturated heterocycles. The molecule has 0 unspecified atom stereocenters. The summed E-state index contributed by atoms with van der Waals surface area (Å²) in [5.74, 6) is -5.79. The zero-order valence-electron chi connectivity index (χ0n) is 32.0. The first-order valence-corrected chi connectivity index (χ1v) is 19.5. The summed E-state index contributed by atoms with van der Waals surface area (Å²) in [6, 6.07) is 4.01. The van der Waals surface area contributed by atoms with E-state index in [-0.39, 0.29) is 31.1 Å². The summed E-state index contributed by atoms with van der Waals surface area (Å²) in [5, 5.41) is 21.6. The Labute approximate surface area is 326 Å². The van der Waals surface area contributed by atoms with Gasteiger partial charge in [-0.15, -0.1) is 5.10 Å². The van der Waals surface area contributed by atoms with E-state index in [4.69, 9.17) is 19.7 Å². The number of imidazole rings is 1. The van der Waals surface area contributed by atoms with Crippen LogP contribution >= 0.6 is 0 Å². The lowest BCUT2D eigenvalue weighted by Gasteiger charge is -2.50. The van der Waals surface area contributed by atoms with E-state index in [0.29, 0.717) is 59.9 Å². The largest absolute Gasteiger partial charge is 0.490 e. The molecule has 2 aromatic heterocycles. The van der Waals surface area contributed by atoms with Gasteiger partial charge < -0.3 is 30.7 Å². The van der Waals surface area contributed by atoms with Gasteiger partial charge in [-0.3, -0.25) is 14.6 Å². The molecule has 8 rings (SSSR count). The lowest BCUT2D eigenvalue weighted by Crippen LogP contribution is -2.60. The van der Waals surface area contributed by atoms with E-state index in [1.54, 1.807) is 19.1 Å². The van der Waals surface area contributed by atoms with Crippen LogP contribution in [0.3, 0.4) is 0 Å². The molecule has 3 aromatic rings. The number of nitrogens with one attached hydrogen (secondary N) is 3. The van der Waals surface area contributed by atoms with Gasteiger partial charge in [0.1, 0.15) is 5.82 Å². The number of carbonyl (C=O) groups excluding carboxylic acids is 1. The molecular formula is C38H49F6N9O4. The van der Waals surface area contributed by atoms with Gasteiger partial charge >= 0.3 is 12.1 Å². The van der Waals surface area contributed by atoms with Crippen LogP contribution in [-0.2, 0) is 22.5 Å². The first-order valence-electron chi connectivity index (χ1n) is 19.5. The molecule has 4 aliphatic heterocycles. The van der Waals surface area contributed by atoms with Crippen LogP contribution in [0.4, 0.5) is 43.5 Å². The van der Waals surface area contributed by atoms with E-state index in [2.05, 4.69) is 20.9 Å². The maximum absolute atomic E-state index is 15.8. The molecule has 1 aliphatic carbocycles. The third-order valence-electron chi connectivity index (χ3n) is 12.5. The molecule has 19 heteroatoms. The van der Waals surface area contributed by atoms with Crippen molar-refractivity contribution in [3.05, 3.63) is 47.0 Å². The Balaban J connectivity index is 0.000000651. The van der Waals surface area contributed by atoms with Gasteiger partial charge in [-0.2, -0.15) is 13.2 Å². The number of ether oxygens (including phenoxy) is 1. The van der Waals surface area contributed by atoms with Crippen LogP contribution in [0, 0.1) is 11.2 Å². The maximum atomic E-state index is 15.8. The molecule has 1 aromatic carbocycles. The molecular weight excluding hydrogens is 760 g/mol. The number of piperidine rings is 3. The number of anilines is 3. The zero-order chi connectivity index (χ0) is 40.7. The van der Waals surface area contributed by atoms with Crippen molar-refractivity contribution in [1.82, 2.24) is 35.0 Å². The molecule has 1 amide bonds. The molecule has 1 spiro atoms. The Morgan fingerprint density at radius 1 is 1.04 bits per heavy atom. The number of halogens is 6. The molecule has 57 heavy (non-hydrogen) atoms.